The molecule has 2 heterocycles. The van der Waals surface area contributed by atoms with Crippen LogP contribution in [0.3, 0.4) is 0 Å². The Hall–Kier alpha value is -1.82. The summed E-state index contributed by atoms with van der Waals surface area (Å²) < 4.78 is 13.6. The first-order valence-corrected chi connectivity index (χ1v) is 6.72. The van der Waals surface area contributed by atoms with Crippen molar-refractivity contribution in [3.63, 3.8) is 0 Å². The van der Waals surface area contributed by atoms with Crippen molar-refractivity contribution in [3.05, 3.63) is 34.7 Å². The normalized spacial score (nSPS) is 10.5. The highest BCUT2D eigenvalue weighted by Crippen LogP contribution is 2.24. The van der Waals surface area contributed by atoms with Crippen LogP contribution in [0, 0.1) is 5.82 Å². The van der Waals surface area contributed by atoms with Gasteiger partial charge in [0.2, 0.25) is 5.91 Å². The highest BCUT2D eigenvalue weighted by atomic mass is 32.1. The van der Waals surface area contributed by atoms with Gasteiger partial charge in [0.1, 0.15) is 0 Å². The van der Waals surface area contributed by atoms with E-state index >= 15 is 0 Å². The van der Waals surface area contributed by atoms with Crippen LogP contribution in [0.4, 0.5) is 4.39 Å². The molecule has 0 unspecified atom stereocenters. The molecule has 0 saturated carbocycles. The van der Waals surface area contributed by atoms with Crippen LogP contribution in [-0.2, 0) is 11.2 Å². The molecule has 2 aromatic rings. The lowest BCUT2D eigenvalue weighted by Gasteiger charge is -2.12. The third-order valence-corrected chi connectivity index (χ3v) is 3.71. The number of amides is 1. The first-order chi connectivity index (χ1) is 9.08. The summed E-state index contributed by atoms with van der Waals surface area (Å²) in [4.78, 5) is 20.8. The predicted molar refractivity (Wildman–Crippen MR) is 72.3 cm³/mol. The van der Waals surface area contributed by atoms with E-state index in [-0.39, 0.29) is 11.7 Å². The minimum atomic E-state index is -0.375. The van der Waals surface area contributed by atoms with Crippen LogP contribution in [-0.4, -0.2) is 34.4 Å². The van der Waals surface area contributed by atoms with E-state index in [0.717, 1.165) is 5.01 Å². The molecular weight excluding hydrogens is 265 g/mol. The summed E-state index contributed by atoms with van der Waals surface area (Å²) in [5.74, 6) is -0.350. The Labute approximate surface area is 114 Å². The fourth-order valence-corrected chi connectivity index (χ4v) is 2.34. The first-order valence-electron chi connectivity index (χ1n) is 5.84. The van der Waals surface area contributed by atoms with Crippen molar-refractivity contribution in [2.24, 2.45) is 0 Å². The summed E-state index contributed by atoms with van der Waals surface area (Å²) in [6.07, 6.45) is 3.40. The second-order valence-electron chi connectivity index (χ2n) is 4.17. The largest absolute Gasteiger partial charge is 0.346 e. The van der Waals surface area contributed by atoms with Crippen LogP contribution in [0.25, 0.3) is 11.3 Å². The molecule has 0 aliphatic heterocycles. The number of aromatic nitrogens is 2. The Bertz CT molecular complexity index is 585. The lowest BCUT2D eigenvalue weighted by atomic mass is 10.2. The number of nitrogens with zero attached hydrogens (tertiary/aromatic N) is 3. The van der Waals surface area contributed by atoms with E-state index in [2.05, 4.69) is 9.97 Å². The highest BCUT2D eigenvalue weighted by Gasteiger charge is 2.10. The van der Waals surface area contributed by atoms with Gasteiger partial charge in [-0.1, -0.05) is 0 Å². The van der Waals surface area contributed by atoms with Crippen LogP contribution >= 0.6 is 11.3 Å². The van der Waals surface area contributed by atoms with Gasteiger partial charge in [0, 0.05) is 44.1 Å². The van der Waals surface area contributed by atoms with Crippen molar-refractivity contribution in [2.45, 2.75) is 13.3 Å². The molecule has 0 aliphatic carbocycles. The number of rotatable bonds is 4. The molecule has 6 heteroatoms. The lowest BCUT2D eigenvalue weighted by Crippen LogP contribution is -2.26. The quantitative estimate of drug-likeness (QED) is 0.863. The van der Waals surface area contributed by atoms with Crippen LogP contribution in [0.5, 0.6) is 0 Å². The summed E-state index contributed by atoms with van der Waals surface area (Å²) in [6.45, 7) is 2.14. The zero-order chi connectivity index (χ0) is 13.8. The van der Waals surface area contributed by atoms with E-state index in [4.69, 9.17) is 0 Å². The van der Waals surface area contributed by atoms with Crippen molar-refractivity contribution in [1.82, 2.24) is 14.9 Å². The van der Waals surface area contributed by atoms with E-state index in [9.17, 15) is 9.18 Å². The number of hydrogen-bond donors (Lipinski definition) is 0. The fourth-order valence-electron chi connectivity index (χ4n) is 1.55. The maximum absolute atomic E-state index is 13.6. The number of thiazole rings is 1. The summed E-state index contributed by atoms with van der Waals surface area (Å²) >= 11 is 1.47. The number of halogens is 1. The molecule has 0 saturated heterocycles. The first kappa shape index (κ1) is 13.6. The lowest BCUT2D eigenvalue weighted by molar-refractivity contribution is -0.127. The minimum absolute atomic E-state index is 0.0250. The molecule has 0 bridgehead atoms. The molecular formula is C13H14FN3OS. The van der Waals surface area contributed by atoms with Gasteiger partial charge in [-0.3, -0.25) is 9.78 Å². The molecule has 0 N–H and O–H groups in total. The van der Waals surface area contributed by atoms with E-state index in [0.29, 0.717) is 24.2 Å². The van der Waals surface area contributed by atoms with E-state index in [1.54, 1.807) is 24.2 Å². The third kappa shape index (κ3) is 3.35. The van der Waals surface area contributed by atoms with Crippen molar-refractivity contribution in [3.8, 4) is 11.3 Å². The van der Waals surface area contributed by atoms with Crippen LogP contribution in [0.2, 0.25) is 0 Å². The van der Waals surface area contributed by atoms with Gasteiger partial charge < -0.3 is 4.90 Å². The molecule has 0 aliphatic rings. The van der Waals surface area contributed by atoms with E-state index < -0.39 is 0 Å². The zero-order valence-corrected chi connectivity index (χ0v) is 11.6. The molecule has 2 rings (SSSR count). The average Bonchev–Trinajstić information content (AvgIpc) is 2.85. The zero-order valence-electron chi connectivity index (χ0n) is 10.8. The Kier molecular flexibility index (Phi) is 4.21. The second-order valence-corrected chi connectivity index (χ2v) is 5.12. The Morgan fingerprint density at radius 2 is 2.32 bits per heavy atom. The molecule has 100 valence electrons. The van der Waals surface area contributed by atoms with Gasteiger partial charge in [0.25, 0.3) is 0 Å². The maximum Gasteiger partial charge on any atom is 0.219 e. The smallest absolute Gasteiger partial charge is 0.219 e. The second kappa shape index (κ2) is 5.88. The van der Waals surface area contributed by atoms with E-state index in [1.165, 1.54) is 24.5 Å². The number of pyridine rings is 1. The van der Waals surface area contributed by atoms with Gasteiger partial charge in [0.05, 0.1) is 16.9 Å². The van der Waals surface area contributed by atoms with Crippen molar-refractivity contribution < 1.29 is 9.18 Å². The van der Waals surface area contributed by atoms with Gasteiger partial charge >= 0.3 is 0 Å². The Morgan fingerprint density at radius 3 is 3.00 bits per heavy atom. The SMILES string of the molecule is CC(=O)N(C)CCc1nc(-c2ccncc2F)cs1. The predicted octanol–water partition coefficient (Wildman–Crippen LogP) is 2.37. The highest BCUT2D eigenvalue weighted by molar-refractivity contribution is 7.09. The van der Waals surface area contributed by atoms with Gasteiger partial charge in [0.15, 0.2) is 5.82 Å². The average molecular weight is 279 g/mol. The molecule has 0 atom stereocenters. The Balaban J connectivity index is 2.08. The number of carbonyl (C=O) groups excluding carboxylic acids is 1. The summed E-state index contributed by atoms with van der Waals surface area (Å²) in [5.41, 5.74) is 1.07. The van der Waals surface area contributed by atoms with Crippen molar-refractivity contribution in [2.75, 3.05) is 13.6 Å². The number of likely N-dealkylation sites (N-methyl/N-ethyl adjacent to an activating group) is 1. The van der Waals surface area contributed by atoms with Gasteiger partial charge in [-0.25, -0.2) is 9.37 Å². The number of hydrogen-bond acceptors (Lipinski definition) is 4. The minimum Gasteiger partial charge on any atom is -0.346 e. The van der Waals surface area contributed by atoms with Crippen LogP contribution in [0.1, 0.15) is 11.9 Å². The molecule has 0 fully saturated rings. The topological polar surface area (TPSA) is 46.1 Å². The van der Waals surface area contributed by atoms with Gasteiger partial charge in [-0.05, 0) is 6.07 Å². The molecule has 2 aromatic heterocycles. The van der Waals surface area contributed by atoms with Crippen LogP contribution < -0.4 is 0 Å². The molecule has 4 nitrogen and oxygen atoms in total. The molecule has 0 radical (unpaired) electrons. The monoisotopic (exact) mass is 279 g/mol. The standard InChI is InChI=1S/C13H14FN3OS/c1-9(18)17(2)6-4-13-16-12(8-19-13)10-3-5-15-7-11(10)14/h3,5,7-8H,4,6H2,1-2H3. The molecule has 0 spiro atoms. The van der Waals surface area contributed by atoms with E-state index in [1.807, 2.05) is 5.38 Å². The maximum atomic E-state index is 13.6. The summed E-state index contributed by atoms with van der Waals surface area (Å²) in [6, 6.07) is 1.61. The van der Waals surface area contributed by atoms with Crippen LogP contribution in [0.15, 0.2) is 23.8 Å². The Morgan fingerprint density at radius 1 is 1.53 bits per heavy atom. The van der Waals surface area contributed by atoms with Gasteiger partial charge in [-0.2, -0.15) is 0 Å². The molecule has 1 amide bonds. The number of carbonyl (C=O) groups is 1. The van der Waals surface area contributed by atoms with Crippen molar-refractivity contribution in [1.29, 1.82) is 0 Å². The third-order valence-electron chi connectivity index (χ3n) is 2.80. The fraction of sp³-hybridized carbons (Fsp3) is 0.308. The van der Waals surface area contributed by atoms with Gasteiger partial charge in [-0.15, -0.1) is 11.3 Å². The summed E-state index contributed by atoms with van der Waals surface area (Å²) in [7, 11) is 1.75. The molecule has 19 heavy (non-hydrogen) atoms. The van der Waals surface area contributed by atoms with Crippen molar-refractivity contribution >= 4 is 17.2 Å². The molecule has 0 aromatic carbocycles. The summed E-state index contributed by atoms with van der Waals surface area (Å²) in [5, 5.41) is 2.71.